The third-order valence-corrected chi connectivity index (χ3v) is 4.55. The number of allylic oxidation sites excluding steroid dienone is 2. The van der Waals surface area contributed by atoms with Crippen molar-refractivity contribution in [3.8, 4) is 0 Å². The van der Waals surface area contributed by atoms with E-state index in [-0.39, 0.29) is 0 Å². The van der Waals surface area contributed by atoms with Gasteiger partial charge in [0.05, 0.1) is 7.11 Å². The Hall–Kier alpha value is -1.45. The lowest BCUT2D eigenvalue weighted by Crippen LogP contribution is -2.18. The lowest BCUT2D eigenvalue weighted by Gasteiger charge is -2.26. The minimum absolute atomic E-state index is 0.474. The molecule has 0 radical (unpaired) electrons. The molecule has 0 aromatic heterocycles. The minimum Gasteiger partial charge on any atom is -0.289 e. The van der Waals surface area contributed by atoms with Gasteiger partial charge in [0.1, 0.15) is 6.61 Å². The molecule has 0 spiro atoms. The molecule has 3 nitrogen and oxygen atoms in total. The van der Waals surface area contributed by atoms with Crippen LogP contribution in [0.1, 0.15) is 50.7 Å². The standard InChI is InChI=1S/C19H27NO2/c1-4-15(2)18-9-11-19(12-10-18)20-13-16-5-7-17(8-6-16)14-22-21-3/h4-8,13,18-19H,9-12,14H2,1-3H3/b15-4-,20-13+. The zero-order chi connectivity index (χ0) is 15.8. The van der Waals surface area contributed by atoms with Gasteiger partial charge in [0.25, 0.3) is 0 Å². The van der Waals surface area contributed by atoms with Gasteiger partial charge in [-0.15, -0.1) is 0 Å². The second kappa shape index (κ2) is 8.86. The van der Waals surface area contributed by atoms with Crippen LogP contribution in [-0.2, 0) is 16.4 Å². The number of hydrogen-bond acceptors (Lipinski definition) is 3. The molecule has 22 heavy (non-hydrogen) atoms. The topological polar surface area (TPSA) is 30.8 Å². The van der Waals surface area contributed by atoms with Crippen LogP contribution in [0.4, 0.5) is 0 Å². The van der Waals surface area contributed by atoms with Gasteiger partial charge in [-0.05, 0) is 56.6 Å². The lowest BCUT2D eigenvalue weighted by atomic mass is 9.82. The Morgan fingerprint density at radius 2 is 1.86 bits per heavy atom. The summed E-state index contributed by atoms with van der Waals surface area (Å²) in [5.74, 6) is 0.775. The Kier molecular flexibility index (Phi) is 6.81. The van der Waals surface area contributed by atoms with Crippen molar-refractivity contribution in [3.63, 3.8) is 0 Å². The van der Waals surface area contributed by atoms with Gasteiger partial charge in [0.15, 0.2) is 0 Å². The summed E-state index contributed by atoms with van der Waals surface area (Å²) in [6, 6.07) is 8.73. The molecule has 0 amide bonds. The first-order valence-corrected chi connectivity index (χ1v) is 8.13. The van der Waals surface area contributed by atoms with Gasteiger partial charge < -0.3 is 0 Å². The van der Waals surface area contributed by atoms with E-state index in [4.69, 9.17) is 9.88 Å². The number of aliphatic imine (C=N–C) groups is 1. The molecule has 0 saturated heterocycles. The quantitative estimate of drug-likeness (QED) is 0.330. The Balaban J connectivity index is 1.82. The average molecular weight is 301 g/mol. The van der Waals surface area contributed by atoms with E-state index in [9.17, 15) is 0 Å². The van der Waals surface area contributed by atoms with Crippen LogP contribution in [0.3, 0.4) is 0 Å². The fraction of sp³-hybridized carbons (Fsp3) is 0.526. The van der Waals surface area contributed by atoms with Gasteiger partial charge in [-0.2, -0.15) is 0 Å². The highest BCUT2D eigenvalue weighted by molar-refractivity contribution is 5.79. The summed E-state index contributed by atoms with van der Waals surface area (Å²) in [7, 11) is 1.52. The van der Waals surface area contributed by atoms with Crippen molar-refractivity contribution >= 4 is 6.21 Å². The monoisotopic (exact) mass is 301 g/mol. The SMILES string of the molecule is C/C=C(/C)C1CCC(/N=C/c2ccc(COOC)cc2)CC1. The van der Waals surface area contributed by atoms with Gasteiger partial charge in [0, 0.05) is 12.3 Å². The molecule has 3 heteroatoms. The molecule has 0 aliphatic heterocycles. The van der Waals surface area contributed by atoms with Crippen LogP contribution >= 0.6 is 0 Å². The van der Waals surface area contributed by atoms with Crippen molar-refractivity contribution in [2.75, 3.05) is 7.11 Å². The second-order valence-electron chi connectivity index (χ2n) is 5.99. The molecule has 2 rings (SSSR count). The number of hydrogen-bond donors (Lipinski definition) is 0. The van der Waals surface area contributed by atoms with Gasteiger partial charge in [-0.1, -0.05) is 35.9 Å². The van der Waals surface area contributed by atoms with Gasteiger partial charge >= 0.3 is 0 Å². The summed E-state index contributed by atoms with van der Waals surface area (Å²) in [5.41, 5.74) is 3.78. The predicted octanol–water partition coefficient (Wildman–Crippen LogP) is 4.71. The molecule has 1 aromatic rings. The molecule has 1 aliphatic carbocycles. The van der Waals surface area contributed by atoms with Crippen molar-refractivity contribution in [2.24, 2.45) is 10.9 Å². The highest BCUT2D eigenvalue weighted by Gasteiger charge is 2.20. The Bertz CT molecular complexity index is 497. The minimum atomic E-state index is 0.474. The maximum absolute atomic E-state index is 4.91. The molecule has 0 atom stereocenters. The van der Waals surface area contributed by atoms with E-state index >= 15 is 0 Å². The number of nitrogens with zero attached hydrogens (tertiary/aromatic N) is 1. The van der Waals surface area contributed by atoms with E-state index in [1.165, 1.54) is 38.4 Å². The van der Waals surface area contributed by atoms with Crippen LogP contribution in [0.5, 0.6) is 0 Å². The van der Waals surface area contributed by atoms with Gasteiger partial charge in [0.2, 0.25) is 0 Å². The molecular weight excluding hydrogens is 274 g/mol. The Morgan fingerprint density at radius 1 is 1.18 bits per heavy atom. The first-order valence-electron chi connectivity index (χ1n) is 8.13. The molecule has 0 unspecified atom stereocenters. The summed E-state index contributed by atoms with van der Waals surface area (Å²) in [4.78, 5) is 14.3. The van der Waals surface area contributed by atoms with Crippen molar-refractivity contribution < 1.29 is 9.78 Å². The fourth-order valence-electron chi connectivity index (χ4n) is 2.93. The van der Waals surface area contributed by atoms with E-state index in [0.29, 0.717) is 12.6 Å². The van der Waals surface area contributed by atoms with Crippen LogP contribution in [0.2, 0.25) is 0 Å². The summed E-state index contributed by atoms with van der Waals surface area (Å²) in [5, 5.41) is 0. The van der Waals surface area contributed by atoms with Crippen LogP contribution in [-0.4, -0.2) is 19.4 Å². The van der Waals surface area contributed by atoms with Crippen LogP contribution in [0.25, 0.3) is 0 Å². The molecule has 120 valence electrons. The zero-order valence-electron chi connectivity index (χ0n) is 13.9. The molecular formula is C19H27NO2. The van der Waals surface area contributed by atoms with E-state index in [1.54, 1.807) is 0 Å². The summed E-state index contributed by atoms with van der Waals surface area (Å²) in [6.45, 7) is 4.87. The summed E-state index contributed by atoms with van der Waals surface area (Å²) >= 11 is 0. The van der Waals surface area contributed by atoms with Crippen LogP contribution < -0.4 is 0 Å². The fourth-order valence-corrected chi connectivity index (χ4v) is 2.93. The normalized spacial score (nSPS) is 23.1. The number of benzene rings is 1. The molecule has 1 aliphatic rings. The number of rotatable bonds is 6. The van der Waals surface area contributed by atoms with Gasteiger partial charge in [-0.3, -0.25) is 4.99 Å². The third-order valence-electron chi connectivity index (χ3n) is 4.55. The highest BCUT2D eigenvalue weighted by Crippen LogP contribution is 2.31. The highest BCUT2D eigenvalue weighted by atomic mass is 17.2. The first-order chi connectivity index (χ1) is 10.7. The average Bonchev–Trinajstić information content (AvgIpc) is 2.58. The predicted molar refractivity (Wildman–Crippen MR) is 91.0 cm³/mol. The molecule has 1 fully saturated rings. The van der Waals surface area contributed by atoms with E-state index in [0.717, 1.165) is 17.0 Å². The molecule has 0 bridgehead atoms. The zero-order valence-corrected chi connectivity index (χ0v) is 13.9. The lowest BCUT2D eigenvalue weighted by molar-refractivity contribution is -0.282. The van der Waals surface area contributed by atoms with Crippen molar-refractivity contribution in [1.82, 2.24) is 0 Å². The summed E-state index contributed by atoms with van der Waals surface area (Å²) in [6.07, 6.45) is 9.20. The van der Waals surface area contributed by atoms with Crippen molar-refractivity contribution in [2.45, 2.75) is 52.2 Å². The van der Waals surface area contributed by atoms with Crippen LogP contribution in [0.15, 0.2) is 40.9 Å². The van der Waals surface area contributed by atoms with Gasteiger partial charge in [-0.25, -0.2) is 9.78 Å². The Morgan fingerprint density at radius 3 is 2.45 bits per heavy atom. The van der Waals surface area contributed by atoms with E-state index < -0.39 is 0 Å². The Labute approximate surface area is 134 Å². The smallest absolute Gasteiger partial charge is 0.107 e. The van der Waals surface area contributed by atoms with E-state index in [1.807, 2.05) is 18.3 Å². The molecule has 0 N–H and O–H groups in total. The third kappa shape index (κ3) is 5.08. The molecule has 1 aromatic carbocycles. The molecule has 1 saturated carbocycles. The second-order valence-corrected chi connectivity index (χ2v) is 5.99. The first kappa shape index (κ1) is 16.9. The van der Waals surface area contributed by atoms with E-state index in [2.05, 4.69) is 36.9 Å². The summed E-state index contributed by atoms with van der Waals surface area (Å²) < 4.78 is 0. The largest absolute Gasteiger partial charge is 0.289 e. The maximum atomic E-state index is 4.91. The van der Waals surface area contributed by atoms with Crippen molar-refractivity contribution in [3.05, 3.63) is 47.0 Å². The van der Waals surface area contributed by atoms with Crippen molar-refractivity contribution in [1.29, 1.82) is 0 Å². The van der Waals surface area contributed by atoms with Crippen LogP contribution in [0, 0.1) is 5.92 Å². The molecule has 0 heterocycles. The maximum Gasteiger partial charge on any atom is 0.107 e.